The van der Waals surface area contributed by atoms with Crippen molar-refractivity contribution in [2.24, 2.45) is 5.92 Å². The maximum absolute atomic E-state index is 11.6. The van der Waals surface area contributed by atoms with Crippen LogP contribution in [0.15, 0.2) is 24.3 Å². The summed E-state index contributed by atoms with van der Waals surface area (Å²) in [5, 5.41) is 14.7. The third-order valence-electron chi connectivity index (χ3n) is 3.26. The van der Waals surface area contributed by atoms with E-state index < -0.39 is 5.97 Å². The number of rotatable bonds is 5. The molecule has 0 bridgehead atoms. The second-order valence-corrected chi connectivity index (χ2v) is 5.85. The van der Waals surface area contributed by atoms with Crippen molar-refractivity contribution in [2.45, 2.75) is 33.6 Å². The van der Waals surface area contributed by atoms with Crippen molar-refractivity contribution in [1.82, 2.24) is 9.78 Å². The molecule has 2 aromatic rings. The molecule has 0 fully saturated rings. The molecule has 21 heavy (non-hydrogen) atoms. The highest BCUT2D eigenvalue weighted by molar-refractivity contribution is 6.30. The molecular weight excluding hydrogens is 288 g/mol. The zero-order chi connectivity index (χ0) is 15.6. The van der Waals surface area contributed by atoms with Crippen molar-refractivity contribution < 1.29 is 9.90 Å². The van der Waals surface area contributed by atoms with E-state index >= 15 is 0 Å². The minimum absolute atomic E-state index is 0.325. The summed E-state index contributed by atoms with van der Waals surface area (Å²) < 4.78 is 1.70. The molecule has 0 aliphatic carbocycles. The van der Waals surface area contributed by atoms with Crippen molar-refractivity contribution in [1.29, 1.82) is 0 Å². The smallest absolute Gasteiger partial charge is 0.339 e. The molecule has 0 aliphatic rings. The highest BCUT2D eigenvalue weighted by Gasteiger charge is 2.23. The maximum atomic E-state index is 11.6. The number of carboxylic acid groups (broad SMARTS) is 1. The van der Waals surface area contributed by atoms with Crippen molar-refractivity contribution in [3.05, 3.63) is 46.2 Å². The van der Waals surface area contributed by atoms with Gasteiger partial charge in [0.05, 0.1) is 17.1 Å². The van der Waals surface area contributed by atoms with Crippen LogP contribution in [0.3, 0.4) is 0 Å². The number of carbonyl (C=O) groups is 1. The van der Waals surface area contributed by atoms with E-state index in [1.165, 1.54) is 0 Å². The Kier molecular flexibility index (Phi) is 4.68. The predicted octanol–water partition coefficient (Wildman–Crippen LogP) is 3.98. The topological polar surface area (TPSA) is 55.1 Å². The van der Waals surface area contributed by atoms with Gasteiger partial charge in [-0.3, -0.25) is 0 Å². The average Bonchev–Trinajstić information content (AvgIpc) is 2.76. The monoisotopic (exact) mass is 306 g/mol. The van der Waals surface area contributed by atoms with E-state index in [4.69, 9.17) is 11.6 Å². The molecule has 0 spiro atoms. The van der Waals surface area contributed by atoms with Gasteiger partial charge in [-0.05, 0) is 37.0 Å². The summed E-state index contributed by atoms with van der Waals surface area (Å²) in [6.07, 6.45) is 1.24. The van der Waals surface area contributed by atoms with E-state index in [2.05, 4.69) is 18.9 Å². The molecule has 0 amide bonds. The van der Waals surface area contributed by atoms with E-state index in [1.807, 2.05) is 19.1 Å². The van der Waals surface area contributed by atoms with Gasteiger partial charge in [0.15, 0.2) is 0 Å². The highest BCUT2D eigenvalue weighted by atomic mass is 35.5. The molecule has 1 heterocycles. The van der Waals surface area contributed by atoms with Gasteiger partial charge in [0, 0.05) is 5.02 Å². The van der Waals surface area contributed by atoms with Crippen LogP contribution in [0, 0.1) is 5.92 Å². The Hall–Kier alpha value is -1.81. The number of carboxylic acids is 1. The Morgan fingerprint density at radius 3 is 2.67 bits per heavy atom. The van der Waals surface area contributed by atoms with E-state index in [-0.39, 0.29) is 0 Å². The van der Waals surface area contributed by atoms with Gasteiger partial charge in [0.2, 0.25) is 0 Å². The number of halogens is 1. The first kappa shape index (κ1) is 15.6. The Labute approximate surface area is 129 Å². The lowest BCUT2D eigenvalue weighted by Gasteiger charge is -2.06. The normalized spacial score (nSPS) is 11.1. The second-order valence-electron chi connectivity index (χ2n) is 5.42. The summed E-state index contributed by atoms with van der Waals surface area (Å²) in [6.45, 7) is 6.04. The van der Waals surface area contributed by atoms with Gasteiger partial charge >= 0.3 is 5.97 Å². The molecule has 0 saturated heterocycles. The molecule has 0 unspecified atom stereocenters. The quantitative estimate of drug-likeness (QED) is 0.909. The summed E-state index contributed by atoms with van der Waals surface area (Å²) in [5.41, 5.74) is 2.46. The van der Waals surface area contributed by atoms with Crippen LogP contribution >= 0.6 is 11.6 Å². The number of benzene rings is 1. The molecule has 1 N–H and O–H groups in total. The van der Waals surface area contributed by atoms with Gasteiger partial charge in [-0.25, -0.2) is 9.48 Å². The first-order chi connectivity index (χ1) is 9.93. The van der Waals surface area contributed by atoms with Crippen LogP contribution in [0.5, 0.6) is 0 Å². The van der Waals surface area contributed by atoms with Gasteiger partial charge in [0.25, 0.3) is 0 Å². The Bertz CT molecular complexity index is 662. The van der Waals surface area contributed by atoms with Crippen LogP contribution < -0.4 is 0 Å². The zero-order valence-corrected chi connectivity index (χ0v) is 13.2. The van der Waals surface area contributed by atoms with E-state index in [0.717, 1.165) is 5.69 Å². The minimum atomic E-state index is -0.921. The number of hydrogen-bond acceptors (Lipinski definition) is 2. The Balaban J connectivity index is 2.63. The number of nitrogens with zero attached hydrogens (tertiary/aromatic N) is 2. The molecule has 2 rings (SSSR count). The lowest BCUT2D eigenvalue weighted by Crippen LogP contribution is -2.06. The molecule has 0 radical (unpaired) electrons. The number of aromatic nitrogens is 2. The molecule has 5 heteroatoms. The molecule has 1 aromatic heterocycles. The lowest BCUT2D eigenvalue weighted by atomic mass is 10.0. The third-order valence-corrected chi connectivity index (χ3v) is 3.49. The molecule has 1 aromatic carbocycles. The molecule has 4 nitrogen and oxygen atoms in total. The van der Waals surface area contributed by atoms with Gasteiger partial charge in [0.1, 0.15) is 5.56 Å². The van der Waals surface area contributed by atoms with Gasteiger partial charge in [-0.15, -0.1) is 0 Å². The van der Waals surface area contributed by atoms with Crippen LogP contribution in [0.2, 0.25) is 5.02 Å². The van der Waals surface area contributed by atoms with Crippen LogP contribution in [-0.2, 0) is 12.8 Å². The third kappa shape index (κ3) is 3.27. The van der Waals surface area contributed by atoms with Crippen molar-refractivity contribution in [3.63, 3.8) is 0 Å². The van der Waals surface area contributed by atoms with Crippen LogP contribution in [0.1, 0.15) is 42.5 Å². The van der Waals surface area contributed by atoms with Crippen molar-refractivity contribution >= 4 is 17.6 Å². The molecular formula is C16H19ClN2O2. The summed E-state index contributed by atoms with van der Waals surface area (Å²) >= 11 is 6.03. The summed E-state index contributed by atoms with van der Waals surface area (Å²) in [6, 6.07) is 7.29. The SMILES string of the molecule is CCc1c(C(=O)O)c(CC(C)C)nn1-c1cccc(Cl)c1. The fourth-order valence-corrected chi connectivity index (χ4v) is 2.61. The second kappa shape index (κ2) is 6.31. The van der Waals surface area contributed by atoms with Crippen molar-refractivity contribution in [3.8, 4) is 5.69 Å². The predicted molar refractivity (Wildman–Crippen MR) is 83.5 cm³/mol. The minimum Gasteiger partial charge on any atom is -0.478 e. The first-order valence-corrected chi connectivity index (χ1v) is 7.41. The standard InChI is InChI=1S/C16H19ClN2O2/c1-4-14-15(16(20)21)13(8-10(2)3)18-19(14)12-7-5-6-11(17)9-12/h5-7,9-10H,4,8H2,1-3H3,(H,20,21). The summed E-state index contributed by atoms with van der Waals surface area (Å²) in [5.74, 6) is -0.578. The van der Waals surface area contributed by atoms with Crippen LogP contribution in [0.4, 0.5) is 0 Å². The van der Waals surface area contributed by atoms with Crippen LogP contribution in [0.25, 0.3) is 5.69 Å². The maximum Gasteiger partial charge on any atom is 0.339 e. The molecule has 0 aliphatic heterocycles. The number of hydrogen-bond donors (Lipinski definition) is 1. The molecule has 0 atom stereocenters. The average molecular weight is 307 g/mol. The Morgan fingerprint density at radius 2 is 2.14 bits per heavy atom. The van der Waals surface area contributed by atoms with Crippen molar-refractivity contribution in [2.75, 3.05) is 0 Å². The molecule has 0 saturated carbocycles. The van der Waals surface area contributed by atoms with Gasteiger partial charge in [-0.2, -0.15) is 5.10 Å². The fourth-order valence-electron chi connectivity index (χ4n) is 2.43. The van der Waals surface area contributed by atoms with Gasteiger partial charge in [-0.1, -0.05) is 38.4 Å². The van der Waals surface area contributed by atoms with E-state index in [0.29, 0.717) is 40.7 Å². The molecule has 112 valence electrons. The number of aromatic carboxylic acids is 1. The van der Waals surface area contributed by atoms with E-state index in [1.54, 1.807) is 16.8 Å². The van der Waals surface area contributed by atoms with Crippen LogP contribution in [-0.4, -0.2) is 20.9 Å². The summed E-state index contributed by atoms with van der Waals surface area (Å²) in [4.78, 5) is 11.6. The van der Waals surface area contributed by atoms with Gasteiger partial charge < -0.3 is 5.11 Å². The fraction of sp³-hybridized carbons (Fsp3) is 0.375. The Morgan fingerprint density at radius 1 is 1.43 bits per heavy atom. The first-order valence-electron chi connectivity index (χ1n) is 7.04. The highest BCUT2D eigenvalue weighted by Crippen LogP contribution is 2.23. The largest absolute Gasteiger partial charge is 0.478 e. The lowest BCUT2D eigenvalue weighted by molar-refractivity contribution is 0.0694. The van der Waals surface area contributed by atoms with E-state index in [9.17, 15) is 9.90 Å². The summed E-state index contributed by atoms with van der Waals surface area (Å²) in [7, 11) is 0. The zero-order valence-electron chi connectivity index (χ0n) is 12.4.